The standard InChI is InChI=1S/C16H15ClN2O3S/c1-11-3-9-15(10-4-11)23(21,22)16(12(2)20)19-18-14-7-5-13(17)6-8-14/h3-10,18H,1-2H3/b19-16-. The molecule has 0 saturated carbocycles. The normalized spacial score (nSPS) is 12.0. The van der Waals surface area contributed by atoms with E-state index in [1.54, 1.807) is 36.4 Å². The molecule has 0 atom stereocenters. The maximum atomic E-state index is 12.5. The third-order valence-corrected chi connectivity index (χ3v) is 5.05. The molecule has 0 amide bonds. The van der Waals surface area contributed by atoms with Crippen molar-refractivity contribution in [3.63, 3.8) is 0 Å². The smallest absolute Gasteiger partial charge is 0.229 e. The number of aryl methyl sites for hydroxylation is 1. The van der Waals surface area contributed by atoms with Crippen molar-refractivity contribution in [1.29, 1.82) is 0 Å². The highest BCUT2D eigenvalue weighted by atomic mass is 35.5. The minimum Gasteiger partial charge on any atom is -0.292 e. The number of hydrazone groups is 1. The molecule has 0 unspecified atom stereocenters. The zero-order chi connectivity index (χ0) is 17.0. The lowest BCUT2D eigenvalue weighted by Gasteiger charge is -2.07. The first kappa shape index (κ1) is 17.2. The quantitative estimate of drug-likeness (QED) is 0.520. The summed E-state index contributed by atoms with van der Waals surface area (Å²) in [6.45, 7) is 3.01. The van der Waals surface area contributed by atoms with Crippen LogP contribution in [0, 0.1) is 6.92 Å². The number of nitrogens with one attached hydrogen (secondary N) is 1. The molecule has 120 valence electrons. The molecule has 0 radical (unpaired) electrons. The molecule has 23 heavy (non-hydrogen) atoms. The lowest BCUT2D eigenvalue weighted by molar-refractivity contribution is -0.110. The molecule has 5 nitrogen and oxygen atoms in total. The van der Waals surface area contributed by atoms with Gasteiger partial charge in [0.15, 0.2) is 5.78 Å². The number of hydrogen-bond acceptors (Lipinski definition) is 5. The summed E-state index contributed by atoms with van der Waals surface area (Å²) in [6.07, 6.45) is 0. The Morgan fingerprint density at radius 2 is 1.61 bits per heavy atom. The highest BCUT2D eigenvalue weighted by Crippen LogP contribution is 2.16. The molecule has 2 aromatic rings. The van der Waals surface area contributed by atoms with Crippen molar-refractivity contribution in [3.8, 4) is 0 Å². The number of rotatable bonds is 4. The van der Waals surface area contributed by atoms with Gasteiger partial charge in [-0.15, -0.1) is 0 Å². The molecule has 0 aliphatic rings. The van der Waals surface area contributed by atoms with Crippen molar-refractivity contribution in [2.45, 2.75) is 18.7 Å². The number of carbonyl (C=O) groups is 1. The van der Waals surface area contributed by atoms with E-state index in [1.807, 2.05) is 6.92 Å². The number of sulfone groups is 1. The van der Waals surface area contributed by atoms with Gasteiger partial charge in [0, 0.05) is 11.9 Å². The van der Waals surface area contributed by atoms with E-state index in [2.05, 4.69) is 10.5 Å². The van der Waals surface area contributed by atoms with Gasteiger partial charge >= 0.3 is 0 Å². The van der Waals surface area contributed by atoms with E-state index >= 15 is 0 Å². The van der Waals surface area contributed by atoms with Crippen LogP contribution in [0.1, 0.15) is 12.5 Å². The second-order valence-corrected chi connectivity index (χ2v) is 7.21. The Balaban J connectivity index is 2.37. The summed E-state index contributed by atoms with van der Waals surface area (Å²) in [5, 5.41) is 3.77. The van der Waals surface area contributed by atoms with Crippen LogP contribution in [0.4, 0.5) is 5.69 Å². The first-order chi connectivity index (χ1) is 10.8. The third-order valence-electron chi connectivity index (χ3n) is 3.02. The molecule has 0 aromatic heterocycles. The molecule has 2 aromatic carbocycles. The largest absolute Gasteiger partial charge is 0.292 e. The average Bonchev–Trinajstić information content (AvgIpc) is 2.49. The number of carbonyl (C=O) groups excluding carboxylic acids is 1. The Bertz CT molecular complexity index is 842. The highest BCUT2D eigenvalue weighted by Gasteiger charge is 2.26. The van der Waals surface area contributed by atoms with E-state index in [-0.39, 0.29) is 4.90 Å². The minimum atomic E-state index is -3.98. The number of anilines is 1. The Labute approximate surface area is 139 Å². The molecular formula is C16H15ClN2O3S. The van der Waals surface area contributed by atoms with Gasteiger partial charge in [0.05, 0.1) is 10.6 Å². The van der Waals surface area contributed by atoms with Crippen LogP contribution in [0.25, 0.3) is 0 Å². The second-order valence-electron chi connectivity index (χ2n) is 4.91. The van der Waals surface area contributed by atoms with Crippen LogP contribution >= 0.6 is 11.6 Å². The number of nitrogens with zero attached hydrogens (tertiary/aromatic N) is 1. The molecule has 0 fully saturated rings. The van der Waals surface area contributed by atoms with Crippen molar-refractivity contribution in [1.82, 2.24) is 0 Å². The summed E-state index contributed by atoms with van der Waals surface area (Å²) in [5.74, 6) is -0.646. The second kappa shape index (κ2) is 6.93. The fourth-order valence-electron chi connectivity index (χ4n) is 1.80. The van der Waals surface area contributed by atoms with Gasteiger partial charge in [-0.2, -0.15) is 5.10 Å². The first-order valence-electron chi connectivity index (χ1n) is 6.72. The maximum Gasteiger partial charge on any atom is 0.229 e. The van der Waals surface area contributed by atoms with Crippen molar-refractivity contribution in [2.24, 2.45) is 5.10 Å². The molecule has 0 aliphatic carbocycles. The monoisotopic (exact) mass is 350 g/mol. The van der Waals surface area contributed by atoms with E-state index in [0.717, 1.165) is 12.5 Å². The summed E-state index contributed by atoms with van der Waals surface area (Å²) < 4.78 is 25.1. The Hall–Kier alpha value is -2.18. The van der Waals surface area contributed by atoms with E-state index < -0.39 is 20.7 Å². The lowest BCUT2D eigenvalue weighted by Crippen LogP contribution is -2.24. The summed E-state index contributed by atoms with van der Waals surface area (Å²) in [5.41, 5.74) is 4.01. The molecule has 0 saturated heterocycles. The van der Waals surface area contributed by atoms with E-state index in [9.17, 15) is 13.2 Å². The van der Waals surface area contributed by atoms with Crippen molar-refractivity contribution < 1.29 is 13.2 Å². The summed E-state index contributed by atoms with van der Waals surface area (Å²) in [6, 6.07) is 12.7. The lowest BCUT2D eigenvalue weighted by atomic mass is 10.2. The molecule has 0 aliphatic heterocycles. The van der Waals surface area contributed by atoms with Crippen molar-refractivity contribution in [2.75, 3.05) is 5.43 Å². The van der Waals surface area contributed by atoms with Crippen LogP contribution in [0.3, 0.4) is 0 Å². The number of ketones is 1. The van der Waals surface area contributed by atoms with Crippen LogP contribution in [0.15, 0.2) is 58.5 Å². The van der Waals surface area contributed by atoms with Gasteiger partial charge in [-0.25, -0.2) is 8.42 Å². The van der Waals surface area contributed by atoms with Gasteiger partial charge in [-0.3, -0.25) is 10.2 Å². The number of hydrogen-bond donors (Lipinski definition) is 1. The van der Waals surface area contributed by atoms with Crippen molar-refractivity contribution >= 4 is 38.0 Å². The molecule has 0 heterocycles. The Morgan fingerprint density at radius 1 is 1.04 bits per heavy atom. The molecular weight excluding hydrogens is 336 g/mol. The third kappa shape index (κ3) is 4.18. The van der Waals surface area contributed by atoms with Gasteiger partial charge in [-0.1, -0.05) is 29.3 Å². The zero-order valence-electron chi connectivity index (χ0n) is 12.6. The predicted molar refractivity (Wildman–Crippen MR) is 91.6 cm³/mol. The Kier molecular flexibility index (Phi) is 5.18. The van der Waals surface area contributed by atoms with Crippen LogP contribution in [-0.4, -0.2) is 19.2 Å². The fourth-order valence-corrected chi connectivity index (χ4v) is 3.18. The molecule has 0 bridgehead atoms. The van der Waals surface area contributed by atoms with Crippen LogP contribution in [0.2, 0.25) is 5.02 Å². The van der Waals surface area contributed by atoms with Gasteiger partial charge in [0.25, 0.3) is 0 Å². The van der Waals surface area contributed by atoms with Crippen LogP contribution < -0.4 is 5.43 Å². The first-order valence-corrected chi connectivity index (χ1v) is 8.59. The Morgan fingerprint density at radius 3 is 2.13 bits per heavy atom. The van der Waals surface area contributed by atoms with E-state index in [0.29, 0.717) is 10.7 Å². The fraction of sp³-hybridized carbons (Fsp3) is 0.125. The summed E-state index contributed by atoms with van der Waals surface area (Å²) in [7, 11) is -3.98. The number of Topliss-reactive ketones (excluding diaryl/α,β-unsaturated/α-hetero) is 1. The minimum absolute atomic E-state index is 0.0231. The molecule has 1 N–H and O–H groups in total. The average molecular weight is 351 g/mol. The van der Waals surface area contributed by atoms with Crippen LogP contribution in [-0.2, 0) is 14.6 Å². The number of benzene rings is 2. The van der Waals surface area contributed by atoms with E-state index in [1.165, 1.54) is 12.1 Å². The molecule has 0 spiro atoms. The zero-order valence-corrected chi connectivity index (χ0v) is 14.1. The van der Waals surface area contributed by atoms with Crippen molar-refractivity contribution in [3.05, 3.63) is 59.1 Å². The van der Waals surface area contributed by atoms with Gasteiger partial charge in [-0.05, 0) is 43.3 Å². The molecule has 2 rings (SSSR count). The van der Waals surface area contributed by atoms with Gasteiger partial charge in [0.1, 0.15) is 0 Å². The van der Waals surface area contributed by atoms with Gasteiger partial charge < -0.3 is 0 Å². The number of halogens is 1. The molecule has 7 heteroatoms. The highest BCUT2D eigenvalue weighted by molar-refractivity contribution is 8.08. The van der Waals surface area contributed by atoms with Crippen LogP contribution in [0.5, 0.6) is 0 Å². The summed E-state index contributed by atoms with van der Waals surface area (Å²) in [4.78, 5) is 11.8. The van der Waals surface area contributed by atoms with Gasteiger partial charge in [0.2, 0.25) is 14.9 Å². The summed E-state index contributed by atoms with van der Waals surface area (Å²) >= 11 is 5.78. The topological polar surface area (TPSA) is 75.6 Å². The SMILES string of the molecule is CC(=O)/C(=N/Nc1ccc(Cl)cc1)S(=O)(=O)c1ccc(C)cc1. The predicted octanol–water partition coefficient (Wildman–Crippen LogP) is 3.44. The maximum absolute atomic E-state index is 12.5. The van der Waals surface area contributed by atoms with E-state index in [4.69, 9.17) is 11.6 Å².